The molecule has 362 valence electrons. The molecule has 0 saturated carbocycles. The molecule has 12 aromatic carbocycles. The van der Waals surface area contributed by atoms with E-state index in [1.807, 2.05) is 6.08 Å². The van der Waals surface area contributed by atoms with Crippen LogP contribution < -0.4 is 9.80 Å². The highest BCUT2D eigenvalue weighted by atomic mass is 15.2. The molecule has 0 atom stereocenters. The molecule has 0 spiro atoms. The van der Waals surface area contributed by atoms with E-state index in [4.69, 9.17) is 9.97 Å². The largest absolute Gasteiger partial charge is 0.295 e. The molecule has 4 heteroatoms. The van der Waals surface area contributed by atoms with Gasteiger partial charge in [0, 0.05) is 45.9 Å². The minimum atomic E-state index is 0.795. The van der Waals surface area contributed by atoms with Crippen LogP contribution in [-0.2, 0) is 0 Å². The summed E-state index contributed by atoms with van der Waals surface area (Å²) >= 11 is 0. The third kappa shape index (κ3) is 7.94. The second kappa shape index (κ2) is 19.0. The van der Waals surface area contributed by atoms with Crippen molar-refractivity contribution in [2.45, 2.75) is 6.92 Å². The van der Waals surface area contributed by atoms with Crippen molar-refractivity contribution in [1.29, 1.82) is 0 Å². The van der Waals surface area contributed by atoms with Gasteiger partial charge in [-0.1, -0.05) is 207 Å². The minimum Gasteiger partial charge on any atom is -0.295 e. The van der Waals surface area contributed by atoms with Gasteiger partial charge in [0.1, 0.15) is 11.6 Å². The van der Waals surface area contributed by atoms with E-state index in [1.165, 1.54) is 21.5 Å². The fourth-order valence-corrected chi connectivity index (χ4v) is 11.7. The van der Waals surface area contributed by atoms with Gasteiger partial charge >= 0.3 is 0 Å². The zero-order valence-corrected chi connectivity index (χ0v) is 42.5. The Balaban J connectivity index is 1.11. The maximum atomic E-state index is 5.60. The molecule has 4 nitrogen and oxygen atoms in total. The zero-order valence-electron chi connectivity index (χ0n) is 42.5. The van der Waals surface area contributed by atoms with Gasteiger partial charge in [-0.3, -0.25) is 9.80 Å². The lowest BCUT2D eigenvalue weighted by Gasteiger charge is -2.28. The standard InChI is InChI=1S/C73H50N4/c1-3-17-62-48(4-2)27-15-30-64(62)72-66-44-70(76(58-36-32-49-18-5-9-23-54(49)40-58)59-37-33-50-19-6-10-24-55(50)41-59)75-47-69(66)73(65-31-16-28-53-22-13-14-29-63(53)65)67-45-71(74-46-68(67)72)77(60-38-34-51-20-7-11-25-56(51)42-60)61-39-35-52-21-8-12-26-57(52)43-61/h3-47H,2H2,1H3. The summed E-state index contributed by atoms with van der Waals surface area (Å²) in [6.45, 7) is 6.40. The van der Waals surface area contributed by atoms with Crippen LogP contribution in [0.4, 0.5) is 34.4 Å². The highest BCUT2D eigenvalue weighted by Crippen LogP contribution is 2.50. The first-order chi connectivity index (χ1) is 38.1. The summed E-state index contributed by atoms with van der Waals surface area (Å²) in [6, 6.07) is 87.6. The maximum absolute atomic E-state index is 5.60. The average Bonchev–Trinajstić information content (AvgIpc) is 3.57. The Bertz CT molecular complexity index is 4540. The van der Waals surface area contributed by atoms with Gasteiger partial charge in [-0.05, 0) is 166 Å². The van der Waals surface area contributed by atoms with Crippen molar-refractivity contribution in [3.8, 4) is 22.3 Å². The molecule has 0 saturated heterocycles. The zero-order chi connectivity index (χ0) is 51.4. The minimum absolute atomic E-state index is 0.795. The number of rotatable bonds is 10. The van der Waals surface area contributed by atoms with E-state index in [1.54, 1.807) is 0 Å². The number of hydrogen-bond donors (Lipinski definition) is 0. The molecule has 0 unspecified atom stereocenters. The lowest BCUT2D eigenvalue weighted by molar-refractivity contribution is 1.19. The number of anilines is 6. The van der Waals surface area contributed by atoms with Crippen molar-refractivity contribution in [3.05, 3.63) is 279 Å². The lowest BCUT2D eigenvalue weighted by atomic mass is 9.84. The summed E-state index contributed by atoms with van der Waals surface area (Å²) < 4.78 is 0. The SMILES string of the molecule is C=Cc1cccc(-c2c3cc(N(c4ccc5ccccc5c4)c4ccc5ccccc5c4)ncc3c(-c3cccc4ccccc34)c3cc(N(c4ccc5ccccc5c4)c4ccc5ccccc5c4)ncc23)c1C=CC. The van der Waals surface area contributed by atoms with Gasteiger partial charge in [-0.2, -0.15) is 0 Å². The second-order valence-electron chi connectivity index (χ2n) is 19.8. The Labute approximate surface area is 447 Å². The quantitative estimate of drug-likeness (QED) is 0.128. The summed E-state index contributed by atoms with van der Waals surface area (Å²) in [5.41, 5.74) is 10.5. The number of aromatic nitrogens is 2. The van der Waals surface area contributed by atoms with E-state index >= 15 is 0 Å². The van der Waals surface area contributed by atoms with Crippen LogP contribution in [0.5, 0.6) is 0 Å². The van der Waals surface area contributed by atoms with Crippen LogP contribution in [0.15, 0.2) is 268 Å². The van der Waals surface area contributed by atoms with Crippen LogP contribution in [0.25, 0.3) is 110 Å². The normalized spacial score (nSPS) is 11.7. The van der Waals surface area contributed by atoms with Crippen LogP contribution in [-0.4, -0.2) is 9.97 Å². The predicted octanol–water partition coefficient (Wildman–Crippen LogP) is 20.5. The van der Waals surface area contributed by atoms with E-state index in [2.05, 4.69) is 291 Å². The molecule has 0 aliphatic carbocycles. The fraction of sp³-hybridized carbons (Fsp3) is 0.0137. The number of benzene rings is 12. The van der Waals surface area contributed by atoms with E-state index < -0.39 is 0 Å². The van der Waals surface area contributed by atoms with Gasteiger partial charge < -0.3 is 0 Å². The van der Waals surface area contributed by atoms with Crippen LogP contribution in [0.2, 0.25) is 0 Å². The molecule has 0 bridgehead atoms. The number of pyridine rings is 2. The van der Waals surface area contributed by atoms with Crippen molar-refractivity contribution in [1.82, 2.24) is 9.97 Å². The third-order valence-corrected chi connectivity index (χ3v) is 15.3. The number of nitrogens with zero attached hydrogens (tertiary/aromatic N) is 4. The Kier molecular flexibility index (Phi) is 11.2. The first-order valence-electron chi connectivity index (χ1n) is 26.3. The van der Waals surface area contributed by atoms with Crippen LogP contribution in [0.3, 0.4) is 0 Å². The van der Waals surface area contributed by atoms with Crippen molar-refractivity contribution < 1.29 is 0 Å². The van der Waals surface area contributed by atoms with E-state index in [9.17, 15) is 0 Å². The first kappa shape index (κ1) is 45.5. The van der Waals surface area contributed by atoms with Crippen molar-refractivity contribution in [2.75, 3.05) is 9.80 Å². The molecule has 0 N–H and O–H groups in total. The molecular weight excluding hydrogens is 933 g/mol. The Morgan fingerprint density at radius 1 is 0.338 bits per heavy atom. The van der Waals surface area contributed by atoms with Crippen LogP contribution >= 0.6 is 0 Å². The van der Waals surface area contributed by atoms with E-state index in [0.717, 1.165) is 122 Å². The first-order valence-corrected chi connectivity index (χ1v) is 26.3. The summed E-state index contributed by atoms with van der Waals surface area (Å²) in [6.07, 6.45) is 10.5. The molecule has 2 aromatic heterocycles. The third-order valence-electron chi connectivity index (χ3n) is 15.3. The summed E-state index contributed by atoms with van der Waals surface area (Å²) in [5.74, 6) is 1.59. The Hall–Kier alpha value is -10.2. The highest BCUT2D eigenvalue weighted by Gasteiger charge is 2.26. The smallest absolute Gasteiger partial charge is 0.138 e. The topological polar surface area (TPSA) is 32.3 Å². The monoisotopic (exact) mass is 982 g/mol. The number of allylic oxidation sites excluding steroid dienone is 1. The number of hydrogen-bond acceptors (Lipinski definition) is 4. The molecule has 0 radical (unpaired) electrons. The average molecular weight is 983 g/mol. The van der Waals surface area contributed by atoms with Gasteiger partial charge in [0.05, 0.1) is 0 Å². The van der Waals surface area contributed by atoms with Crippen molar-refractivity contribution in [2.24, 2.45) is 0 Å². The number of fused-ring (bicyclic) bond motifs is 7. The predicted molar refractivity (Wildman–Crippen MR) is 330 cm³/mol. The molecule has 0 aliphatic rings. The second-order valence-corrected chi connectivity index (χ2v) is 19.8. The fourth-order valence-electron chi connectivity index (χ4n) is 11.7. The molecule has 2 heterocycles. The van der Waals surface area contributed by atoms with E-state index in [-0.39, 0.29) is 0 Å². The molecule has 14 rings (SSSR count). The van der Waals surface area contributed by atoms with Crippen LogP contribution in [0.1, 0.15) is 18.1 Å². The molecule has 0 fully saturated rings. The summed E-state index contributed by atoms with van der Waals surface area (Å²) in [5, 5.41) is 15.8. The molecule has 77 heavy (non-hydrogen) atoms. The molecule has 0 aliphatic heterocycles. The molecular formula is C73H50N4. The molecule has 14 aromatic rings. The van der Waals surface area contributed by atoms with Crippen LogP contribution in [0, 0.1) is 0 Å². The van der Waals surface area contributed by atoms with E-state index in [0.29, 0.717) is 0 Å². The van der Waals surface area contributed by atoms with Crippen molar-refractivity contribution in [3.63, 3.8) is 0 Å². The summed E-state index contributed by atoms with van der Waals surface area (Å²) in [4.78, 5) is 15.8. The molecule has 0 amide bonds. The lowest BCUT2D eigenvalue weighted by Crippen LogP contribution is -2.12. The van der Waals surface area contributed by atoms with Gasteiger partial charge in [0.2, 0.25) is 0 Å². The Morgan fingerprint density at radius 2 is 0.714 bits per heavy atom. The highest BCUT2D eigenvalue weighted by molar-refractivity contribution is 6.25. The van der Waals surface area contributed by atoms with Gasteiger partial charge in [-0.25, -0.2) is 9.97 Å². The maximum Gasteiger partial charge on any atom is 0.138 e. The van der Waals surface area contributed by atoms with Gasteiger partial charge in [0.25, 0.3) is 0 Å². The Morgan fingerprint density at radius 3 is 1.16 bits per heavy atom. The van der Waals surface area contributed by atoms with Gasteiger partial charge in [0.15, 0.2) is 0 Å². The van der Waals surface area contributed by atoms with Gasteiger partial charge in [-0.15, -0.1) is 0 Å². The van der Waals surface area contributed by atoms with Crippen molar-refractivity contribution >= 4 is 122 Å². The summed E-state index contributed by atoms with van der Waals surface area (Å²) in [7, 11) is 0.